The lowest BCUT2D eigenvalue weighted by Crippen LogP contribution is -2.38. The molecule has 1 aromatic carbocycles. The second-order valence-corrected chi connectivity index (χ2v) is 5.29. The fourth-order valence-corrected chi connectivity index (χ4v) is 2.60. The SMILES string of the molecule is C#CCNC(=NCC(c1cccc(OC)c1)N(CC)CC)NCC. The van der Waals surface area contributed by atoms with Gasteiger partial charge >= 0.3 is 0 Å². The van der Waals surface area contributed by atoms with Crippen LogP contribution in [-0.4, -0.2) is 50.7 Å². The third-order valence-electron chi connectivity index (χ3n) is 3.86. The quantitative estimate of drug-likeness (QED) is 0.414. The van der Waals surface area contributed by atoms with Crippen molar-refractivity contribution in [2.75, 3.05) is 39.8 Å². The largest absolute Gasteiger partial charge is 0.497 e. The third kappa shape index (κ3) is 6.13. The topological polar surface area (TPSA) is 48.9 Å². The summed E-state index contributed by atoms with van der Waals surface area (Å²) in [7, 11) is 1.69. The van der Waals surface area contributed by atoms with E-state index in [-0.39, 0.29) is 6.04 Å². The number of hydrogen-bond donors (Lipinski definition) is 2. The van der Waals surface area contributed by atoms with Crippen LogP contribution < -0.4 is 15.4 Å². The number of hydrogen-bond acceptors (Lipinski definition) is 3. The van der Waals surface area contributed by atoms with Crippen molar-refractivity contribution in [2.45, 2.75) is 26.8 Å². The molecular formula is C19H30N4O. The molecule has 0 aliphatic carbocycles. The lowest BCUT2D eigenvalue weighted by atomic mass is 10.0. The van der Waals surface area contributed by atoms with Crippen LogP contribution >= 0.6 is 0 Å². The highest BCUT2D eigenvalue weighted by Gasteiger charge is 2.18. The van der Waals surface area contributed by atoms with Crippen LogP contribution in [0.15, 0.2) is 29.3 Å². The van der Waals surface area contributed by atoms with Gasteiger partial charge in [-0.15, -0.1) is 6.42 Å². The van der Waals surface area contributed by atoms with Gasteiger partial charge in [-0.1, -0.05) is 31.9 Å². The van der Waals surface area contributed by atoms with Gasteiger partial charge in [0.05, 0.1) is 26.2 Å². The highest BCUT2D eigenvalue weighted by Crippen LogP contribution is 2.24. The van der Waals surface area contributed by atoms with Gasteiger partial charge in [0.1, 0.15) is 5.75 Å². The van der Waals surface area contributed by atoms with Crippen molar-refractivity contribution in [1.82, 2.24) is 15.5 Å². The van der Waals surface area contributed by atoms with E-state index in [1.807, 2.05) is 19.1 Å². The van der Waals surface area contributed by atoms with Crippen LogP contribution in [0.25, 0.3) is 0 Å². The molecule has 1 unspecified atom stereocenters. The molecule has 0 saturated carbocycles. The zero-order valence-corrected chi connectivity index (χ0v) is 15.3. The second kappa shape index (κ2) is 11.4. The number of rotatable bonds is 9. The summed E-state index contributed by atoms with van der Waals surface area (Å²) in [5.74, 6) is 4.19. The maximum atomic E-state index is 5.37. The van der Waals surface area contributed by atoms with Crippen molar-refractivity contribution in [3.05, 3.63) is 29.8 Å². The molecule has 0 aliphatic rings. The first-order valence-corrected chi connectivity index (χ1v) is 8.53. The highest BCUT2D eigenvalue weighted by molar-refractivity contribution is 5.80. The Kier molecular flexibility index (Phi) is 9.40. The molecule has 0 aliphatic heterocycles. The molecular weight excluding hydrogens is 300 g/mol. The number of methoxy groups -OCH3 is 1. The summed E-state index contributed by atoms with van der Waals surface area (Å²) in [5, 5.41) is 6.36. The van der Waals surface area contributed by atoms with Crippen LogP contribution in [0, 0.1) is 12.3 Å². The molecule has 1 atom stereocenters. The number of terminal acetylenes is 1. The molecule has 1 rings (SSSR count). The van der Waals surface area contributed by atoms with Crippen LogP contribution in [0.5, 0.6) is 5.75 Å². The van der Waals surface area contributed by atoms with Gasteiger partial charge in [-0.05, 0) is 37.7 Å². The number of aliphatic imine (C=N–C) groups is 1. The van der Waals surface area contributed by atoms with E-state index in [2.05, 4.69) is 47.4 Å². The van der Waals surface area contributed by atoms with Crippen molar-refractivity contribution >= 4 is 5.96 Å². The van der Waals surface area contributed by atoms with Crippen LogP contribution in [-0.2, 0) is 0 Å². The zero-order chi connectivity index (χ0) is 17.8. The van der Waals surface area contributed by atoms with Crippen molar-refractivity contribution < 1.29 is 4.74 Å². The van der Waals surface area contributed by atoms with Gasteiger partial charge in [-0.2, -0.15) is 0 Å². The number of benzene rings is 1. The van der Waals surface area contributed by atoms with E-state index in [0.717, 1.165) is 31.3 Å². The molecule has 1 aromatic rings. The molecule has 0 bridgehead atoms. The average Bonchev–Trinajstić information content (AvgIpc) is 2.62. The molecule has 0 fully saturated rings. The molecule has 0 aromatic heterocycles. The predicted octanol–water partition coefficient (Wildman–Crippen LogP) is 2.27. The highest BCUT2D eigenvalue weighted by atomic mass is 16.5. The number of guanidine groups is 1. The Morgan fingerprint density at radius 2 is 2.04 bits per heavy atom. The zero-order valence-electron chi connectivity index (χ0n) is 15.3. The van der Waals surface area contributed by atoms with E-state index in [9.17, 15) is 0 Å². The lowest BCUT2D eigenvalue weighted by molar-refractivity contribution is 0.224. The first-order chi connectivity index (χ1) is 11.7. The van der Waals surface area contributed by atoms with Crippen molar-refractivity contribution in [3.63, 3.8) is 0 Å². The lowest BCUT2D eigenvalue weighted by Gasteiger charge is -2.29. The van der Waals surface area contributed by atoms with Gasteiger partial charge in [-0.3, -0.25) is 9.89 Å². The van der Waals surface area contributed by atoms with Crippen molar-refractivity contribution in [1.29, 1.82) is 0 Å². The van der Waals surface area contributed by atoms with Gasteiger partial charge in [-0.25, -0.2) is 0 Å². The van der Waals surface area contributed by atoms with Gasteiger partial charge in [0.2, 0.25) is 0 Å². The smallest absolute Gasteiger partial charge is 0.192 e. The molecule has 0 heterocycles. The van der Waals surface area contributed by atoms with E-state index >= 15 is 0 Å². The summed E-state index contributed by atoms with van der Waals surface area (Å²) in [6.07, 6.45) is 5.33. The molecule has 0 radical (unpaired) electrons. The molecule has 0 amide bonds. The van der Waals surface area contributed by atoms with E-state index in [1.54, 1.807) is 7.11 Å². The average molecular weight is 330 g/mol. The summed E-state index contributed by atoms with van der Waals surface area (Å²) in [5.41, 5.74) is 1.20. The van der Waals surface area contributed by atoms with Crippen molar-refractivity contribution in [3.8, 4) is 18.1 Å². The van der Waals surface area contributed by atoms with Crippen molar-refractivity contribution in [2.24, 2.45) is 4.99 Å². The first kappa shape index (κ1) is 19.9. The Labute approximate surface area is 146 Å². The minimum absolute atomic E-state index is 0.191. The van der Waals surface area contributed by atoms with E-state index in [4.69, 9.17) is 16.2 Å². The van der Waals surface area contributed by atoms with Crippen LogP contribution in [0.4, 0.5) is 0 Å². The Balaban J connectivity index is 3.02. The Bertz CT molecular complexity index is 547. The molecule has 132 valence electrons. The van der Waals surface area contributed by atoms with E-state index < -0.39 is 0 Å². The van der Waals surface area contributed by atoms with Crippen LogP contribution in [0.2, 0.25) is 0 Å². The maximum Gasteiger partial charge on any atom is 0.192 e. The summed E-state index contributed by atoms with van der Waals surface area (Å²) in [4.78, 5) is 7.11. The number of nitrogens with one attached hydrogen (secondary N) is 2. The van der Waals surface area contributed by atoms with Gasteiger partial charge in [0.25, 0.3) is 0 Å². The molecule has 2 N–H and O–H groups in total. The minimum atomic E-state index is 0.191. The fraction of sp³-hybridized carbons (Fsp3) is 0.526. The molecule has 5 nitrogen and oxygen atoms in total. The normalized spacial score (nSPS) is 12.6. The first-order valence-electron chi connectivity index (χ1n) is 8.53. The Morgan fingerprint density at radius 1 is 1.29 bits per heavy atom. The Hall–Kier alpha value is -2.19. The summed E-state index contributed by atoms with van der Waals surface area (Å²) in [6, 6.07) is 8.39. The van der Waals surface area contributed by atoms with Gasteiger partial charge in [0, 0.05) is 6.54 Å². The van der Waals surface area contributed by atoms with Gasteiger partial charge in [0.15, 0.2) is 5.96 Å². The fourth-order valence-electron chi connectivity index (χ4n) is 2.60. The predicted molar refractivity (Wildman–Crippen MR) is 101 cm³/mol. The molecule has 0 spiro atoms. The molecule has 24 heavy (non-hydrogen) atoms. The number of likely N-dealkylation sites (N-methyl/N-ethyl adjacent to an activating group) is 1. The molecule has 0 saturated heterocycles. The van der Waals surface area contributed by atoms with E-state index in [0.29, 0.717) is 13.1 Å². The molecule has 5 heteroatoms. The maximum absolute atomic E-state index is 5.37. The summed E-state index contributed by atoms with van der Waals surface area (Å²) in [6.45, 7) is 10.2. The standard InChI is InChI=1S/C19H30N4O/c1-6-13-21-19(20-7-2)22-15-18(23(8-3)9-4)16-11-10-12-17(14-16)24-5/h1,10-12,14,18H,7-9,13,15H2,2-5H3,(H2,20,21,22). The minimum Gasteiger partial charge on any atom is -0.497 e. The number of ether oxygens (including phenoxy) is 1. The second-order valence-electron chi connectivity index (χ2n) is 5.29. The monoisotopic (exact) mass is 330 g/mol. The third-order valence-corrected chi connectivity index (χ3v) is 3.86. The van der Waals surface area contributed by atoms with Crippen LogP contribution in [0.1, 0.15) is 32.4 Å². The summed E-state index contributed by atoms with van der Waals surface area (Å²) >= 11 is 0. The van der Waals surface area contributed by atoms with Gasteiger partial charge < -0.3 is 15.4 Å². The number of nitrogens with zero attached hydrogens (tertiary/aromatic N) is 2. The van der Waals surface area contributed by atoms with Crippen LogP contribution in [0.3, 0.4) is 0 Å². The summed E-state index contributed by atoms with van der Waals surface area (Å²) < 4.78 is 5.37. The Morgan fingerprint density at radius 3 is 2.62 bits per heavy atom. The van der Waals surface area contributed by atoms with E-state index in [1.165, 1.54) is 5.56 Å².